The number of rotatable bonds is 7. The molecule has 0 heterocycles. The molecule has 0 bridgehead atoms. The molecule has 0 aliphatic heterocycles. The number of hydrogen-bond donors (Lipinski definition) is 2. The fourth-order valence-electron chi connectivity index (χ4n) is 2.05. The molecule has 1 aromatic carbocycles. The molecule has 0 aliphatic rings. The van der Waals surface area contributed by atoms with Gasteiger partial charge in [-0.2, -0.15) is 0 Å². The Bertz CT molecular complexity index is 401. The lowest BCUT2D eigenvalue weighted by Crippen LogP contribution is -2.40. The van der Waals surface area contributed by atoms with Crippen molar-refractivity contribution in [2.45, 2.75) is 52.6 Å². The molecule has 1 aromatic rings. The van der Waals surface area contributed by atoms with Gasteiger partial charge in [-0.15, -0.1) is 0 Å². The van der Waals surface area contributed by atoms with Crippen molar-refractivity contribution in [2.75, 3.05) is 11.9 Å². The minimum absolute atomic E-state index is 0.0309. The third kappa shape index (κ3) is 5.21. The number of nitrogens with one attached hydrogen (secondary N) is 1. The summed E-state index contributed by atoms with van der Waals surface area (Å²) in [5.74, 6) is 0. The van der Waals surface area contributed by atoms with E-state index < -0.39 is 0 Å². The highest BCUT2D eigenvalue weighted by atomic mass is 16.2. The molecule has 20 heavy (non-hydrogen) atoms. The maximum atomic E-state index is 12.3. The monoisotopic (exact) mass is 277 g/mol. The minimum atomic E-state index is -0.0309. The first-order valence-corrected chi connectivity index (χ1v) is 7.45. The lowest BCUT2D eigenvalue weighted by molar-refractivity contribution is 0.195. The zero-order valence-corrected chi connectivity index (χ0v) is 12.9. The lowest BCUT2D eigenvalue weighted by atomic mass is 10.2. The molecule has 2 amide bonds. The van der Waals surface area contributed by atoms with Crippen LogP contribution in [0.4, 0.5) is 10.5 Å². The number of nitrogens with two attached hydrogens (primary N) is 1. The van der Waals surface area contributed by atoms with Crippen LogP contribution in [0.2, 0.25) is 0 Å². The number of amides is 2. The van der Waals surface area contributed by atoms with E-state index in [1.165, 1.54) is 0 Å². The van der Waals surface area contributed by atoms with Gasteiger partial charge >= 0.3 is 6.03 Å². The molecule has 0 radical (unpaired) electrons. The summed E-state index contributed by atoms with van der Waals surface area (Å²) >= 11 is 0. The maximum Gasteiger partial charge on any atom is 0.322 e. The third-order valence-electron chi connectivity index (χ3n) is 3.33. The quantitative estimate of drug-likeness (QED) is 0.748. The number of carbonyl (C=O) groups is 1. The van der Waals surface area contributed by atoms with Crippen LogP contribution in [0.25, 0.3) is 0 Å². The van der Waals surface area contributed by atoms with Crippen molar-refractivity contribution in [1.82, 2.24) is 4.90 Å². The molecule has 0 saturated carbocycles. The van der Waals surface area contributed by atoms with E-state index in [1.807, 2.05) is 43.0 Å². The van der Waals surface area contributed by atoms with Crippen LogP contribution in [0.3, 0.4) is 0 Å². The highest BCUT2D eigenvalue weighted by molar-refractivity contribution is 5.89. The summed E-state index contributed by atoms with van der Waals surface area (Å²) in [5.41, 5.74) is 7.44. The van der Waals surface area contributed by atoms with Gasteiger partial charge in [0.25, 0.3) is 0 Å². The average Bonchev–Trinajstić information content (AvgIpc) is 2.44. The summed E-state index contributed by atoms with van der Waals surface area (Å²) in [6, 6.07) is 7.83. The van der Waals surface area contributed by atoms with Crippen molar-refractivity contribution >= 4 is 11.7 Å². The molecule has 3 N–H and O–H groups in total. The van der Waals surface area contributed by atoms with Crippen molar-refractivity contribution < 1.29 is 4.79 Å². The van der Waals surface area contributed by atoms with Crippen LogP contribution in [0.5, 0.6) is 0 Å². The summed E-state index contributed by atoms with van der Waals surface area (Å²) in [5, 5.41) is 2.95. The van der Waals surface area contributed by atoms with E-state index in [1.54, 1.807) is 0 Å². The Hall–Kier alpha value is -1.55. The second-order valence-electron chi connectivity index (χ2n) is 5.33. The molecule has 4 nitrogen and oxygen atoms in total. The summed E-state index contributed by atoms with van der Waals surface area (Å²) in [6.07, 6.45) is 3.37. The van der Waals surface area contributed by atoms with Crippen molar-refractivity contribution in [3.05, 3.63) is 29.8 Å². The maximum absolute atomic E-state index is 12.3. The van der Waals surface area contributed by atoms with Crippen LogP contribution < -0.4 is 11.1 Å². The standard InChI is InChI=1S/C16H27N3O/c1-4-5-6-11-19(13(2)3)16(20)18-15-9-7-14(12-17)8-10-15/h7-10,13H,4-6,11-12,17H2,1-3H3,(H,18,20). The molecule has 4 heteroatoms. The molecule has 0 aliphatic carbocycles. The first-order chi connectivity index (χ1) is 9.58. The number of anilines is 1. The van der Waals surface area contributed by atoms with Gasteiger partial charge in [0.1, 0.15) is 0 Å². The zero-order valence-electron chi connectivity index (χ0n) is 12.9. The lowest BCUT2D eigenvalue weighted by Gasteiger charge is -2.27. The number of nitrogens with zero attached hydrogens (tertiary/aromatic N) is 1. The summed E-state index contributed by atoms with van der Waals surface area (Å²) in [4.78, 5) is 14.2. The van der Waals surface area contributed by atoms with Crippen LogP contribution in [-0.4, -0.2) is 23.5 Å². The topological polar surface area (TPSA) is 58.4 Å². The fraction of sp³-hybridized carbons (Fsp3) is 0.562. The Morgan fingerprint density at radius 2 is 1.90 bits per heavy atom. The molecule has 112 valence electrons. The highest BCUT2D eigenvalue weighted by Gasteiger charge is 2.16. The first-order valence-electron chi connectivity index (χ1n) is 7.45. The predicted molar refractivity (Wildman–Crippen MR) is 84.7 cm³/mol. The van der Waals surface area contributed by atoms with Crippen molar-refractivity contribution in [2.24, 2.45) is 5.73 Å². The zero-order chi connectivity index (χ0) is 15.0. The van der Waals surface area contributed by atoms with E-state index >= 15 is 0 Å². The van der Waals surface area contributed by atoms with Gasteiger partial charge in [-0.05, 0) is 38.0 Å². The molecular weight excluding hydrogens is 250 g/mol. The van der Waals surface area contributed by atoms with Crippen LogP contribution in [0.15, 0.2) is 24.3 Å². The van der Waals surface area contributed by atoms with Crippen molar-refractivity contribution in [3.63, 3.8) is 0 Å². The van der Waals surface area contributed by atoms with Gasteiger partial charge in [0.2, 0.25) is 0 Å². The average molecular weight is 277 g/mol. The SMILES string of the molecule is CCCCCN(C(=O)Nc1ccc(CN)cc1)C(C)C. The number of unbranched alkanes of at least 4 members (excludes halogenated alkanes) is 2. The van der Waals surface area contributed by atoms with Gasteiger partial charge in [0, 0.05) is 24.8 Å². The Balaban J connectivity index is 2.60. The summed E-state index contributed by atoms with van der Waals surface area (Å²) in [6.45, 7) is 7.58. The van der Waals surface area contributed by atoms with Gasteiger partial charge in [0.05, 0.1) is 0 Å². The molecular formula is C16H27N3O. The van der Waals surface area contributed by atoms with E-state index in [4.69, 9.17) is 5.73 Å². The van der Waals surface area contributed by atoms with Crippen LogP contribution in [0, 0.1) is 0 Å². The second kappa shape index (κ2) is 8.59. The van der Waals surface area contributed by atoms with Crippen molar-refractivity contribution in [3.8, 4) is 0 Å². The molecule has 1 rings (SSSR count). The summed E-state index contributed by atoms with van der Waals surface area (Å²) in [7, 11) is 0. The number of hydrogen-bond acceptors (Lipinski definition) is 2. The van der Waals surface area contributed by atoms with Gasteiger partial charge in [0.15, 0.2) is 0 Å². The normalized spacial score (nSPS) is 10.7. The van der Waals surface area contributed by atoms with E-state index in [-0.39, 0.29) is 12.1 Å². The molecule has 0 saturated heterocycles. The molecule has 0 fully saturated rings. The van der Waals surface area contributed by atoms with Crippen LogP contribution in [-0.2, 0) is 6.54 Å². The van der Waals surface area contributed by atoms with Gasteiger partial charge < -0.3 is 16.0 Å². The number of benzene rings is 1. The number of carbonyl (C=O) groups excluding carboxylic acids is 1. The largest absolute Gasteiger partial charge is 0.326 e. The molecule has 0 atom stereocenters. The predicted octanol–water partition coefficient (Wildman–Crippen LogP) is 3.58. The Labute approximate surface area is 122 Å². The second-order valence-corrected chi connectivity index (χ2v) is 5.33. The van der Waals surface area contributed by atoms with Gasteiger partial charge in [-0.3, -0.25) is 0 Å². The number of urea groups is 1. The molecule has 0 unspecified atom stereocenters. The van der Waals surface area contributed by atoms with E-state index in [9.17, 15) is 4.79 Å². The van der Waals surface area contributed by atoms with Gasteiger partial charge in [-0.1, -0.05) is 31.9 Å². The Morgan fingerprint density at radius 1 is 1.25 bits per heavy atom. The van der Waals surface area contributed by atoms with E-state index in [0.29, 0.717) is 6.54 Å². The summed E-state index contributed by atoms with van der Waals surface area (Å²) < 4.78 is 0. The molecule has 0 aromatic heterocycles. The van der Waals surface area contributed by atoms with E-state index in [0.717, 1.165) is 37.1 Å². The fourth-order valence-corrected chi connectivity index (χ4v) is 2.05. The third-order valence-corrected chi connectivity index (χ3v) is 3.33. The minimum Gasteiger partial charge on any atom is -0.326 e. The van der Waals surface area contributed by atoms with Crippen molar-refractivity contribution in [1.29, 1.82) is 0 Å². The Morgan fingerprint density at radius 3 is 2.40 bits per heavy atom. The Kier molecular flexibility index (Phi) is 7.09. The molecule has 0 spiro atoms. The smallest absolute Gasteiger partial charge is 0.322 e. The van der Waals surface area contributed by atoms with Crippen LogP contribution in [0.1, 0.15) is 45.6 Å². The van der Waals surface area contributed by atoms with Gasteiger partial charge in [-0.25, -0.2) is 4.79 Å². The van der Waals surface area contributed by atoms with E-state index in [2.05, 4.69) is 12.2 Å². The highest BCUT2D eigenvalue weighted by Crippen LogP contribution is 2.12. The van der Waals surface area contributed by atoms with Crippen LogP contribution >= 0.6 is 0 Å². The first kappa shape index (κ1) is 16.5.